The highest BCUT2D eigenvalue weighted by molar-refractivity contribution is 5.78. The Balaban J connectivity index is 1.83. The van der Waals surface area contributed by atoms with Crippen LogP contribution in [0.3, 0.4) is 0 Å². The van der Waals surface area contributed by atoms with Crippen molar-refractivity contribution in [2.75, 3.05) is 0 Å². The molecule has 2 N–H and O–H groups in total. The van der Waals surface area contributed by atoms with Gasteiger partial charge in [-0.1, -0.05) is 72.8 Å². The number of hydrogen-bond acceptors (Lipinski definition) is 1. The third-order valence-electron chi connectivity index (χ3n) is 4.38. The van der Waals surface area contributed by atoms with Crippen LogP contribution in [0, 0.1) is 0 Å². The molecule has 0 radical (unpaired) electrons. The summed E-state index contributed by atoms with van der Waals surface area (Å²) < 4.78 is 0. The zero-order chi connectivity index (χ0) is 14.2. The first-order valence-electron chi connectivity index (χ1n) is 7.35. The number of rotatable bonds is 2. The summed E-state index contributed by atoms with van der Waals surface area (Å²) in [5.74, 6) is 0. The maximum atomic E-state index is 6.52. The van der Waals surface area contributed by atoms with E-state index in [1.807, 2.05) is 18.2 Å². The first kappa shape index (κ1) is 12.4. The Morgan fingerprint density at radius 3 is 2.29 bits per heavy atom. The Bertz CT molecular complexity index is 790. The molecule has 0 saturated carbocycles. The standard InChI is InChI=1S/C20H17N/c21-20(14-7-2-1-3-8-14)18-12-6-11-17-16-10-5-4-9-15(16)13-19(17)18/h1-12,20H,13,21H2. The van der Waals surface area contributed by atoms with E-state index in [9.17, 15) is 0 Å². The first-order valence-corrected chi connectivity index (χ1v) is 7.35. The van der Waals surface area contributed by atoms with Gasteiger partial charge in [-0.3, -0.25) is 0 Å². The molecule has 1 nitrogen and oxygen atoms in total. The van der Waals surface area contributed by atoms with Crippen molar-refractivity contribution in [1.29, 1.82) is 0 Å². The van der Waals surface area contributed by atoms with Gasteiger partial charge in [-0.15, -0.1) is 0 Å². The molecule has 0 fully saturated rings. The summed E-state index contributed by atoms with van der Waals surface area (Å²) in [4.78, 5) is 0. The fourth-order valence-corrected chi connectivity index (χ4v) is 3.31. The average molecular weight is 271 g/mol. The molecule has 102 valence electrons. The Morgan fingerprint density at radius 1 is 0.714 bits per heavy atom. The Kier molecular flexibility index (Phi) is 2.87. The molecule has 0 spiro atoms. The summed E-state index contributed by atoms with van der Waals surface area (Å²) in [5, 5.41) is 0. The van der Waals surface area contributed by atoms with E-state index in [1.165, 1.54) is 33.4 Å². The third kappa shape index (κ3) is 1.98. The van der Waals surface area contributed by atoms with Crippen molar-refractivity contribution >= 4 is 0 Å². The zero-order valence-electron chi connectivity index (χ0n) is 11.8. The summed E-state index contributed by atoms with van der Waals surface area (Å²) in [5.41, 5.74) is 14.4. The van der Waals surface area contributed by atoms with E-state index in [2.05, 4.69) is 54.6 Å². The maximum absolute atomic E-state index is 6.52. The monoisotopic (exact) mass is 271 g/mol. The SMILES string of the molecule is NC(c1ccccc1)c1cccc2c1Cc1ccccc1-2. The fourth-order valence-electron chi connectivity index (χ4n) is 3.31. The van der Waals surface area contributed by atoms with Gasteiger partial charge in [0.25, 0.3) is 0 Å². The average Bonchev–Trinajstić information content (AvgIpc) is 2.94. The number of benzene rings is 3. The zero-order valence-corrected chi connectivity index (χ0v) is 11.8. The molecule has 0 saturated heterocycles. The van der Waals surface area contributed by atoms with Crippen LogP contribution in [0.2, 0.25) is 0 Å². The minimum atomic E-state index is -0.0598. The van der Waals surface area contributed by atoms with Crippen LogP contribution in [0.1, 0.15) is 28.3 Å². The smallest absolute Gasteiger partial charge is 0.0554 e. The van der Waals surface area contributed by atoms with Gasteiger partial charge in [0.1, 0.15) is 0 Å². The maximum Gasteiger partial charge on any atom is 0.0554 e. The number of nitrogens with two attached hydrogens (primary N) is 1. The minimum absolute atomic E-state index is 0.0598. The topological polar surface area (TPSA) is 26.0 Å². The van der Waals surface area contributed by atoms with Crippen LogP contribution in [0.15, 0.2) is 72.8 Å². The fraction of sp³-hybridized carbons (Fsp3) is 0.100. The quantitative estimate of drug-likeness (QED) is 0.578. The van der Waals surface area contributed by atoms with Gasteiger partial charge < -0.3 is 5.73 Å². The van der Waals surface area contributed by atoms with E-state index in [1.54, 1.807) is 0 Å². The second kappa shape index (κ2) is 4.87. The van der Waals surface area contributed by atoms with Crippen molar-refractivity contribution in [3.63, 3.8) is 0 Å². The van der Waals surface area contributed by atoms with E-state index >= 15 is 0 Å². The summed E-state index contributed by atoms with van der Waals surface area (Å²) >= 11 is 0. The van der Waals surface area contributed by atoms with Gasteiger partial charge >= 0.3 is 0 Å². The molecule has 4 rings (SSSR count). The molecule has 0 aromatic heterocycles. The third-order valence-corrected chi connectivity index (χ3v) is 4.38. The van der Waals surface area contributed by atoms with Crippen molar-refractivity contribution in [3.05, 3.63) is 95.1 Å². The lowest BCUT2D eigenvalue weighted by Crippen LogP contribution is -2.13. The summed E-state index contributed by atoms with van der Waals surface area (Å²) in [6.45, 7) is 0. The van der Waals surface area contributed by atoms with E-state index < -0.39 is 0 Å². The highest BCUT2D eigenvalue weighted by Gasteiger charge is 2.23. The lowest BCUT2D eigenvalue weighted by atomic mass is 9.92. The highest BCUT2D eigenvalue weighted by atomic mass is 14.6. The first-order chi connectivity index (χ1) is 10.3. The van der Waals surface area contributed by atoms with Crippen LogP contribution in [0.5, 0.6) is 0 Å². The van der Waals surface area contributed by atoms with Gasteiger partial charge in [0, 0.05) is 0 Å². The van der Waals surface area contributed by atoms with E-state index in [0.29, 0.717) is 0 Å². The predicted molar refractivity (Wildman–Crippen MR) is 87.2 cm³/mol. The van der Waals surface area contributed by atoms with Crippen LogP contribution in [0.25, 0.3) is 11.1 Å². The second-order valence-electron chi connectivity index (χ2n) is 5.60. The van der Waals surface area contributed by atoms with Crippen molar-refractivity contribution in [2.24, 2.45) is 5.73 Å². The number of fused-ring (bicyclic) bond motifs is 3. The molecule has 1 atom stereocenters. The van der Waals surface area contributed by atoms with Crippen molar-refractivity contribution < 1.29 is 0 Å². The minimum Gasteiger partial charge on any atom is -0.320 e. The van der Waals surface area contributed by atoms with Crippen molar-refractivity contribution in [1.82, 2.24) is 0 Å². The van der Waals surface area contributed by atoms with Crippen LogP contribution < -0.4 is 5.73 Å². The van der Waals surface area contributed by atoms with Crippen molar-refractivity contribution in [2.45, 2.75) is 12.5 Å². The molecule has 0 aliphatic heterocycles. The molecule has 0 amide bonds. The molecule has 1 aliphatic rings. The summed E-state index contributed by atoms with van der Waals surface area (Å²) in [7, 11) is 0. The molecule has 1 heteroatoms. The van der Waals surface area contributed by atoms with Gasteiger partial charge in [-0.05, 0) is 39.8 Å². The van der Waals surface area contributed by atoms with Crippen LogP contribution in [0.4, 0.5) is 0 Å². The van der Waals surface area contributed by atoms with Gasteiger partial charge in [0.2, 0.25) is 0 Å². The molecule has 0 heterocycles. The largest absolute Gasteiger partial charge is 0.320 e. The van der Waals surface area contributed by atoms with Gasteiger partial charge in [-0.2, -0.15) is 0 Å². The van der Waals surface area contributed by atoms with Gasteiger partial charge in [0.05, 0.1) is 6.04 Å². The Hall–Kier alpha value is -2.38. The Labute approximate surface area is 125 Å². The van der Waals surface area contributed by atoms with Crippen LogP contribution in [-0.4, -0.2) is 0 Å². The molecular weight excluding hydrogens is 254 g/mol. The lowest BCUT2D eigenvalue weighted by Gasteiger charge is -2.16. The summed E-state index contributed by atoms with van der Waals surface area (Å²) in [6.07, 6.45) is 0.988. The molecule has 3 aromatic carbocycles. The second-order valence-corrected chi connectivity index (χ2v) is 5.60. The molecule has 21 heavy (non-hydrogen) atoms. The molecule has 3 aromatic rings. The number of hydrogen-bond donors (Lipinski definition) is 1. The van der Waals surface area contributed by atoms with E-state index in [4.69, 9.17) is 5.73 Å². The highest BCUT2D eigenvalue weighted by Crippen LogP contribution is 2.40. The van der Waals surface area contributed by atoms with Gasteiger partial charge in [0.15, 0.2) is 0 Å². The molecule has 1 aliphatic carbocycles. The predicted octanol–water partition coefficient (Wildman–Crippen LogP) is 4.31. The van der Waals surface area contributed by atoms with Crippen LogP contribution >= 0.6 is 0 Å². The van der Waals surface area contributed by atoms with Gasteiger partial charge in [-0.25, -0.2) is 0 Å². The lowest BCUT2D eigenvalue weighted by molar-refractivity contribution is 0.858. The molecule has 0 bridgehead atoms. The van der Waals surface area contributed by atoms with Crippen molar-refractivity contribution in [3.8, 4) is 11.1 Å². The summed E-state index contributed by atoms with van der Waals surface area (Å²) in [6, 6.07) is 25.4. The molecule has 1 unspecified atom stereocenters. The van der Waals surface area contributed by atoms with E-state index in [0.717, 1.165) is 6.42 Å². The van der Waals surface area contributed by atoms with E-state index in [-0.39, 0.29) is 6.04 Å². The van der Waals surface area contributed by atoms with Crippen LogP contribution in [-0.2, 0) is 6.42 Å². The molecular formula is C20H17N. The Morgan fingerprint density at radius 2 is 1.43 bits per heavy atom. The normalized spacial score (nSPS) is 13.6.